The molecule has 0 fully saturated rings. The third-order valence-electron chi connectivity index (χ3n) is 4.64. The summed E-state index contributed by atoms with van der Waals surface area (Å²) in [6, 6.07) is 7.22. The monoisotopic (exact) mass is 397 g/mol. The quantitative estimate of drug-likeness (QED) is 0.336. The van der Waals surface area contributed by atoms with Gasteiger partial charge in [0, 0.05) is 13.0 Å². The van der Waals surface area contributed by atoms with Gasteiger partial charge in [0.25, 0.3) is 11.4 Å². The number of rotatable bonds is 2. The highest BCUT2D eigenvalue weighted by Crippen LogP contribution is 2.29. The number of aryl methyl sites for hydroxylation is 1. The molecule has 5 rings (SSSR count). The van der Waals surface area contributed by atoms with Crippen molar-refractivity contribution in [2.75, 3.05) is 0 Å². The van der Waals surface area contributed by atoms with E-state index in [4.69, 9.17) is 4.52 Å². The Bertz CT molecular complexity index is 1430. The van der Waals surface area contributed by atoms with Gasteiger partial charge in [-0.1, -0.05) is 11.2 Å². The molecule has 0 aliphatic rings. The van der Waals surface area contributed by atoms with Crippen LogP contribution in [0.4, 0.5) is 13.2 Å². The molecule has 2 aromatic carbocycles. The Morgan fingerprint density at radius 1 is 1.10 bits per heavy atom. The lowest BCUT2D eigenvalue weighted by atomic mass is 10.2. The molecule has 0 radical (unpaired) electrons. The number of aromatic nitrogens is 5. The number of para-hydroxylation sites is 1. The summed E-state index contributed by atoms with van der Waals surface area (Å²) in [7, 11) is 0. The van der Waals surface area contributed by atoms with Crippen molar-refractivity contribution in [1.82, 2.24) is 19.5 Å². The normalized spacial score (nSPS) is 11.6. The standard InChI is InChI=1S/C19H10F3N5O2/c1-9-16-15(18-24-19(29-25-18)11-6-5-10(20)7-13(11)22)23-8-26(16)14-4-2-3-12(21)17(14)27(9)28/h2-8H,1H3. The second-order valence-electron chi connectivity index (χ2n) is 6.35. The van der Waals surface area contributed by atoms with E-state index in [9.17, 15) is 18.4 Å². The van der Waals surface area contributed by atoms with Crippen LogP contribution in [0.3, 0.4) is 0 Å². The van der Waals surface area contributed by atoms with Crippen LogP contribution in [-0.2, 0) is 0 Å². The first-order valence-electron chi connectivity index (χ1n) is 8.42. The molecule has 0 bridgehead atoms. The molecule has 0 atom stereocenters. The molecule has 0 N–H and O–H groups in total. The number of halogens is 3. The molecule has 0 aliphatic carbocycles. The minimum Gasteiger partial charge on any atom is -0.618 e. The highest BCUT2D eigenvalue weighted by molar-refractivity contribution is 5.83. The molecule has 0 saturated heterocycles. The molecule has 0 saturated carbocycles. The van der Waals surface area contributed by atoms with Gasteiger partial charge < -0.3 is 9.73 Å². The van der Waals surface area contributed by atoms with Gasteiger partial charge >= 0.3 is 0 Å². The molecule has 3 heterocycles. The van der Waals surface area contributed by atoms with Gasteiger partial charge in [0.2, 0.25) is 11.5 Å². The van der Waals surface area contributed by atoms with E-state index in [1.807, 2.05) is 0 Å². The van der Waals surface area contributed by atoms with E-state index in [1.165, 1.54) is 31.5 Å². The first-order chi connectivity index (χ1) is 14.0. The molecule has 7 nitrogen and oxygen atoms in total. The van der Waals surface area contributed by atoms with Gasteiger partial charge in [-0.15, -0.1) is 0 Å². The average molecular weight is 397 g/mol. The molecule has 5 aromatic rings. The Morgan fingerprint density at radius 2 is 1.93 bits per heavy atom. The van der Waals surface area contributed by atoms with Crippen molar-refractivity contribution in [2.24, 2.45) is 0 Å². The minimum atomic E-state index is -0.857. The molecule has 3 aromatic heterocycles. The maximum atomic E-state index is 14.2. The minimum absolute atomic E-state index is 0.00470. The number of nitrogens with zero attached hydrogens (tertiary/aromatic N) is 5. The Kier molecular flexibility index (Phi) is 3.57. The van der Waals surface area contributed by atoms with E-state index in [0.29, 0.717) is 21.8 Å². The van der Waals surface area contributed by atoms with Gasteiger partial charge in [-0.25, -0.2) is 13.8 Å². The first kappa shape index (κ1) is 17.2. The summed E-state index contributed by atoms with van der Waals surface area (Å²) in [5, 5.41) is 16.4. The number of benzene rings is 2. The van der Waals surface area contributed by atoms with Gasteiger partial charge in [0.1, 0.15) is 34.7 Å². The molecule has 0 spiro atoms. The van der Waals surface area contributed by atoms with Crippen LogP contribution in [0.1, 0.15) is 5.69 Å². The lowest BCUT2D eigenvalue weighted by Crippen LogP contribution is -2.33. The molecular weight excluding hydrogens is 387 g/mol. The summed E-state index contributed by atoms with van der Waals surface area (Å²) < 4.78 is 48.4. The van der Waals surface area contributed by atoms with Crippen LogP contribution in [0.15, 0.2) is 47.2 Å². The highest BCUT2D eigenvalue weighted by atomic mass is 19.1. The molecule has 10 heteroatoms. The fourth-order valence-corrected chi connectivity index (χ4v) is 3.30. The van der Waals surface area contributed by atoms with Gasteiger partial charge in [-0.05, 0) is 24.3 Å². The summed E-state index contributed by atoms with van der Waals surface area (Å²) in [5.41, 5.74) is 0.850. The van der Waals surface area contributed by atoms with Crippen LogP contribution in [-0.4, -0.2) is 19.5 Å². The number of hydrogen-bond donors (Lipinski definition) is 0. The number of hydrogen-bond acceptors (Lipinski definition) is 5. The summed E-state index contributed by atoms with van der Waals surface area (Å²) in [5.74, 6) is -2.42. The average Bonchev–Trinajstić information content (AvgIpc) is 3.33. The van der Waals surface area contributed by atoms with Crippen LogP contribution < -0.4 is 4.73 Å². The van der Waals surface area contributed by atoms with Gasteiger partial charge in [0.05, 0.1) is 5.56 Å². The Labute approximate surface area is 160 Å². The van der Waals surface area contributed by atoms with Crippen LogP contribution in [0.25, 0.3) is 39.5 Å². The maximum absolute atomic E-state index is 14.2. The van der Waals surface area contributed by atoms with Gasteiger partial charge in [-0.3, -0.25) is 4.40 Å². The van der Waals surface area contributed by atoms with Crippen LogP contribution >= 0.6 is 0 Å². The Morgan fingerprint density at radius 3 is 2.72 bits per heavy atom. The summed E-state index contributed by atoms with van der Waals surface area (Å²) in [6.45, 7) is 1.51. The summed E-state index contributed by atoms with van der Waals surface area (Å²) >= 11 is 0. The summed E-state index contributed by atoms with van der Waals surface area (Å²) in [4.78, 5) is 8.37. The maximum Gasteiger partial charge on any atom is 0.277 e. The van der Waals surface area contributed by atoms with Crippen molar-refractivity contribution in [3.63, 3.8) is 0 Å². The van der Waals surface area contributed by atoms with E-state index in [0.717, 1.165) is 6.07 Å². The zero-order chi connectivity index (χ0) is 20.3. The molecule has 144 valence electrons. The second kappa shape index (κ2) is 6.03. The zero-order valence-electron chi connectivity index (χ0n) is 14.7. The summed E-state index contributed by atoms with van der Waals surface area (Å²) in [6.07, 6.45) is 1.41. The molecule has 0 amide bonds. The molecule has 29 heavy (non-hydrogen) atoms. The van der Waals surface area contributed by atoms with Crippen molar-refractivity contribution >= 4 is 16.6 Å². The van der Waals surface area contributed by atoms with Gasteiger partial charge in [-0.2, -0.15) is 14.1 Å². The fraction of sp³-hybridized carbons (Fsp3) is 0.0526. The van der Waals surface area contributed by atoms with E-state index in [-0.39, 0.29) is 34.2 Å². The van der Waals surface area contributed by atoms with Crippen LogP contribution in [0.2, 0.25) is 0 Å². The van der Waals surface area contributed by atoms with E-state index < -0.39 is 17.5 Å². The Balaban J connectivity index is 1.73. The third kappa shape index (κ3) is 2.45. The van der Waals surface area contributed by atoms with Crippen molar-refractivity contribution in [3.8, 4) is 23.0 Å². The SMILES string of the molecule is Cc1c2c(-c3noc(-c4ccc(F)cc4F)n3)ncn2c2cccc(F)c2[n+]1[O-]. The van der Waals surface area contributed by atoms with Crippen molar-refractivity contribution < 1.29 is 22.4 Å². The molecule has 0 unspecified atom stereocenters. The predicted octanol–water partition coefficient (Wildman–Crippen LogP) is 3.56. The first-order valence-corrected chi connectivity index (χ1v) is 8.42. The third-order valence-corrected chi connectivity index (χ3v) is 4.64. The van der Waals surface area contributed by atoms with Crippen LogP contribution in [0, 0.1) is 29.6 Å². The van der Waals surface area contributed by atoms with Crippen LogP contribution in [0.5, 0.6) is 0 Å². The van der Waals surface area contributed by atoms with E-state index >= 15 is 0 Å². The largest absolute Gasteiger partial charge is 0.618 e. The van der Waals surface area contributed by atoms with Crippen molar-refractivity contribution in [2.45, 2.75) is 6.92 Å². The van der Waals surface area contributed by atoms with Gasteiger partial charge in [0.15, 0.2) is 5.82 Å². The smallest absolute Gasteiger partial charge is 0.277 e. The van der Waals surface area contributed by atoms with E-state index in [1.54, 1.807) is 10.5 Å². The molecular formula is C19H10F3N5O2. The zero-order valence-corrected chi connectivity index (χ0v) is 14.7. The number of imidazole rings is 1. The fourth-order valence-electron chi connectivity index (χ4n) is 3.30. The van der Waals surface area contributed by atoms with E-state index in [2.05, 4.69) is 15.1 Å². The number of fused-ring (bicyclic) bond motifs is 3. The lowest BCUT2D eigenvalue weighted by molar-refractivity contribution is -0.584. The predicted molar refractivity (Wildman–Crippen MR) is 95.0 cm³/mol. The van der Waals surface area contributed by atoms with Crippen molar-refractivity contribution in [3.05, 3.63) is 71.1 Å². The second-order valence-corrected chi connectivity index (χ2v) is 6.35. The molecule has 0 aliphatic heterocycles. The topological polar surface area (TPSA) is 83.2 Å². The Hall–Kier alpha value is -3.95. The lowest BCUT2D eigenvalue weighted by Gasteiger charge is -2.08. The highest BCUT2D eigenvalue weighted by Gasteiger charge is 2.25. The van der Waals surface area contributed by atoms with Crippen molar-refractivity contribution in [1.29, 1.82) is 0 Å².